The van der Waals surface area contributed by atoms with Crippen LogP contribution in [-0.2, 0) is 11.3 Å². The third-order valence-electron chi connectivity index (χ3n) is 5.27. The number of fused-ring (bicyclic) bond motifs is 1. The molecule has 3 heterocycles. The van der Waals surface area contributed by atoms with Gasteiger partial charge in [-0.05, 0) is 55.7 Å². The number of nitrogens with zero attached hydrogens (tertiary/aromatic N) is 3. The van der Waals surface area contributed by atoms with Crippen molar-refractivity contribution in [3.05, 3.63) is 78.4 Å². The highest BCUT2D eigenvalue weighted by molar-refractivity contribution is 5.93. The van der Waals surface area contributed by atoms with Crippen LogP contribution in [0.3, 0.4) is 0 Å². The second-order valence-electron chi connectivity index (χ2n) is 7.77. The number of aryl methyl sites for hydroxylation is 1. The Morgan fingerprint density at radius 1 is 1.13 bits per heavy atom. The number of hydrogen-bond acceptors (Lipinski definition) is 5. The Hall–Kier alpha value is -3.87. The van der Waals surface area contributed by atoms with E-state index < -0.39 is 0 Å². The molecule has 5 rings (SSSR count). The number of carbonyl (C=O) groups excluding carboxylic acids is 1. The quantitative estimate of drug-likeness (QED) is 0.455. The molecule has 7 heteroatoms. The fourth-order valence-electron chi connectivity index (χ4n) is 3.36. The minimum Gasteiger partial charge on any atom is -0.456 e. The first-order chi connectivity index (χ1) is 15.1. The van der Waals surface area contributed by atoms with Gasteiger partial charge < -0.3 is 19.8 Å². The summed E-state index contributed by atoms with van der Waals surface area (Å²) < 4.78 is 7.90. The first-order valence-electron chi connectivity index (χ1n) is 10.4. The van der Waals surface area contributed by atoms with Crippen LogP contribution in [-0.4, -0.2) is 20.3 Å². The number of aromatic nitrogens is 3. The van der Waals surface area contributed by atoms with Crippen molar-refractivity contribution in [2.75, 3.05) is 10.6 Å². The third kappa shape index (κ3) is 4.50. The number of pyridine rings is 2. The van der Waals surface area contributed by atoms with Crippen molar-refractivity contribution in [3.8, 4) is 11.5 Å². The van der Waals surface area contributed by atoms with Gasteiger partial charge >= 0.3 is 0 Å². The molecule has 1 aromatic carbocycles. The van der Waals surface area contributed by atoms with Crippen LogP contribution in [0.5, 0.6) is 11.5 Å². The van der Waals surface area contributed by atoms with Crippen LogP contribution in [0.25, 0.3) is 5.65 Å². The van der Waals surface area contributed by atoms with Gasteiger partial charge in [0.1, 0.15) is 17.1 Å². The lowest BCUT2D eigenvalue weighted by molar-refractivity contribution is -0.117. The molecule has 0 aliphatic heterocycles. The molecule has 0 spiro atoms. The van der Waals surface area contributed by atoms with Gasteiger partial charge in [0.25, 0.3) is 0 Å². The summed E-state index contributed by atoms with van der Waals surface area (Å²) in [7, 11) is 0. The van der Waals surface area contributed by atoms with E-state index in [4.69, 9.17) is 4.74 Å². The number of anilines is 2. The van der Waals surface area contributed by atoms with Crippen molar-refractivity contribution in [1.29, 1.82) is 0 Å². The highest BCUT2D eigenvalue weighted by Gasteiger charge is 2.30. The molecule has 3 aromatic heterocycles. The van der Waals surface area contributed by atoms with Crippen LogP contribution in [0, 0.1) is 12.8 Å². The number of amides is 1. The SMILES string of the molecule is Cc1cccnc1CNc1cccc(Oc2ccc3nc(NC(=O)C4CC4)cn3c2)c1. The number of nitrogens with one attached hydrogen (secondary N) is 2. The van der Waals surface area contributed by atoms with E-state index in [1.165, 1.54) is 0 Å². The van der Waals surface area contributed by atoms with E-state index in [0.717, 1.165) is 41.2 Å². The number of carbonyl (C=O) groups is 1. The predicted octanol–water partition coefficient (Wildman–Crippen LogP) is 4.79. The topological polar surface area (TPSA) is 80.6 Å². The molecule has 1 aliphatic rings. The smallest absolute Gasteiger partial charge is 0.228 e. The maximum absolute atomic E-state index is 12.0. The first-order valence-corrected chi connectivity index (χ1v) is 10.4. The van der Waals surface area contributed by atoms with Gasteiger partial charge in [-0.2, -0.15) is 0 Å². The van der Waals surface area contributed by atoms with Crippen LogP contribution in [0.15, 0.2) is 67.1 Å². The van der Waals surface area contributed by atoms with Crippen LogP contribution in [0.2, 0.25) is 0 Å². The van der Waals surface area contributed by atoms with Crippen molar-refractivity contribution < 1.29 is 9.53 Å². The van der Waals surface area contributed by atoms with Gasteiger partial charge in [0.05, 0.1) is 24.6 Å². The van der Waals surface area contributed by atoms with Gasteiger partial charge in [0.15, 0.2) is 5.82 Å². The lowest BCUT2D eigenvalue weighted by atomic mass is 10.2. The average Bonchev–Trinajstić information content (AvgIpc) is 3.54. The van der Waals surface area contributed by atoms with Crippen LogP contribution >= 0.6 is 0 Å². The fourth-order valence-corrected chi connectivity index (χ4v) is 3.36. The largest absolute Gasteiger partial charge is 0.456 e. The normalized spacial score (nSPS) is 13.2. The molecule has 7 nitrogen and oxygen atoms in total. The molecule has 2 N–H and O–H groups in total. The Kier molecular flexibility index (Phi) is 5.00. The molecule has 31 heavy (non-hydrogen) atoms. The van der Waals surface area contributed by atoms with Crippen molar-refractivity contribution in [1.82, 2.24) is 14.4 Å². The van der Waals surface area contributed by atoms with E-state index in [-0.39, 0.29) is 11.8 Å². The highest BCUT2D eigenvalue weighted by atomic mass is 16.5. The molecule has 0 saturated heterocycles. The molecular formula is C24H23N5O2. The minimum atomic E-state index is 0.0464. The Balaban J connectivity index is 1.27. The molecule has 156 valence electrons. The summed E-state index contributed by atoms with van der Waals surface area (Å²) in [5.74, 6) is 2.16. The summed E-state index contributed by atoms with van der Waals surface area (Å²) in [6.07, 6.45) is 7.39. The number of rotatable bonds is 7. The van der Waals surface area contributed by atoms with Crippen molar-refractivity contribution in [2.24, 2.45) is 5.92 Å². The Morgan fingerprint density at radius 3 is 2.87 bits per heavy atom. The molecule has 0 radical (unpaired) electrons. The molecule has 1 amide bonds. The fraction of sp³-hybridized carbons (Fsp3) is 0.208. The average molecular weight is 413 g/mol. The Morgan fingerprint density at radius 2 is 2.03 bits per heavy atom. The van der Waals surface area contributed by atoms with E-state index >= 15 is 0 Å². The van der Waals surface area contributed by atoms with E-state index in [0.29, 0.717) is 18.1 Å². The first kappa shape index (κ1) is 19.1. The number of benzene rings is 1. The zero-order valence-electron chi connectivity index (χ0n) is 17.2. The predicted molar refractivity (Wildman–Crippen MR) is 119 cm³/mol. The van der Waals surface area contributed by atoms with Gasteiger partial charge in [-0.15, -0.1) is 0 Å². The lowest BCUT2D eigenvalue weighted by Gasteiger charge is -2.10. The summed E-state index contributed by atoms with van der Waals surface area (Å²) in [5, 5.41) is 6.27. The molecule has 0 atom stereocenters. The number of ether oxygens (including phenoxy) is 1. The van der Waals surface area contributed by atoms with E-state index in [1.807, 2.05) is 53.1 Å². The second kappa shape index (κ2) is 8.10. The number of hydrogen-bond donors (Lipinski definition) is 2. The van der Waals surface area contributed by atoms with Crippen LogP contribution < -0.4 is 15.4 Å². The zero-order valence-corrected chi connectivity index (χ0v) is 17.2. The maximum Gasteiger partial charge on any atom is 0.228 e. The molecular weight excluding hydrogens is 390 g/mol. The van der Waals surface area contributed by atoms with Gasteiger partial charge in [-0.25, -0.2) is 4.98 Å². The standard InChI is InChI=1S/C24H23N5O2/c1-16-4-3-11-25-21(16)13-26-18-5-2-6-19(12-18)31-20-9-10-23-27-22(15-29(23)14-20)28-24(30)17-7-8-17/h2-6,9-12,14-15,17,26H,7-8,13H2,1H3,(H,28,30). The zero-order chi connectivity index (χ0) is 21.2. The van der Waals surface area contributed by atoms with Crippen molar-refractivity contribution in [3.63, 3.8) is 0 Å². The molecule has 1 saturated carbocycles. The summed E-state index contributed by atoms with van der Waals surface area (Å²) in [4.78, 5) is 20.8. The van der Waals surface area contributed by atoms with E-state index in [1.54, 1.807) is 12.4 Å². The molecule has 0 unspecified atom stereocenters. The van der Waals surface area contributed by atoms with Crippen LogP contribution in [0.4, 0.5) is 11.5 Å². The minimum absolute atomic E-state index is 0.0464. The summed E-state index contributed by atoms with van der Waals surface area (Å²) >= 11 is 0. The van der Waals surface area contributed by atoms with Gasteiger partial charge in [-0.1, -0.05) is 12.1 Å². The Labute approximate surface area is 180 Å². The monoisotopic (exact) mass is 413 g/mol. The molecule has 1 fully saturated rings. The highest BCUT2D eigenvalue weighted by Crippen LogP contribution is 2.30. The van der Waals surface area contributed by atoms with E-state index in [2.05, 4.69) is 33.6 Å². The molecule has 0 bridgehead atoms. The van der Waals surface area contributed by atoms with E-state index in [9.17, 15) is 4.79 Å². The van der Waals surface area contributed by atoms with Gasteiger partial charge in [0, 0.05) is 23.9 Å². The Bertz CT molecular complexity index is 1250. The second-order valence-corrected chi connectivity index (χ2v) is 7.77. The third-order valence-corrected chi connectivity index (χ3v) is 5.27. The van der Waals surface area contributed by atoms with Gasteiger partial charge in [0.2, 0.25) is 5.91 Å². The van der Waals surface area contributed by atoms with Crippen molar-refractivity contribution in [2.45, 2.75) is 26.3 Å². The van der Waals surface area contributed by atoms with Crippen molar-refractivity contribution >= 4 is 23.1 Å². The number of imidazole rings is 1. The van der Waals surface area contributed by atoms with Gasteiger partial charge in [-0.3, -0.25) is 9.78 Å². The summed E-state index contributed by atoms with van der Waals surface area (Å²) in [6, 6.07) is 15.5. The lowest BCUT2D eigenvalue weighted by Crippen LogP contribution is -2.13. The van der Waals surface area contributed by atoms with Crippen LogP contribution in [0.1, 0.15) is 24.1 Å². The summed E-state index contributed by atoms with van der Waals surface area (Å²) in [6.45, 7) is 2.70. The molecule has 4 aromatic rings. The molecule has 1 aliphatic carbocycles. The summed E-state index contributed by atoms with van der Waals surface area (Å²) in [5.41, 5.74) is 3.88. The maximum atomic E-state index is 12.0.